The van der Waals surface area contributed by atoms with Crippen molar-refractivity contribution < 1.29 is 9.53 Å². The van der Waals surface area contributed by atoms with E-state index in [2.05, 4.69) is 43.3 Å². The Labute approximate surface area is 165 Å². The zero-order chi connectivity index (χ0) is 19.4. The highest BCUT2D eigenvalue weighted by molar-refractivity contribution is 6.24. The Balaban J connectivity index is 1.82. The fourth-order valence-corrected chi connectivity index (χ4v) is 5.04. The molecule has 5 rings (SSSR count). The standard InChI is InChI=1S/C26H22O2/c1-25-21(18-12-6-3-7-13-18)22(19-14-8-4-9-15-19)26(2,24(25)27)28-23(25)20-16-10-5-11-17-20/h3-17,23H,1-2H3/t23-,25+,26-/m1/s1. The first kappa shape index (κ1) is 17.2. The van der Waals surface area contributed by atoms with E-state index in [-0.39, 0.29) is 11.9 Å². The van der Waals surface area contributed by atoms with E-state index in [1.54, 1.807) is 0 Å². The Bertz CT molecular complexity index is 1070. The third-order valence-electron chi connectivity index (χ3n) is 6.26. The van der Waals surface area contributed by atoms with Crippen LogP contribution in [0.25, 0.3) is 11.1 Å². The van der Waals surface area contributed by atoms with Gasteiger partial charge in [-0.25, -0.2) is 0 Å². The minimum absolute atomic E-state index is 0.145. The van der Waals surface area contributed by atoms with E-state index in [1.807, 2.05) is 61.5 Å². The Hall–Kier alpha value is -2.97. The average Bonchev–Trinajstić information content (AvgIpc) is 3.06. The van der Waals surface area contributed by atoms with E-state index >= 15 is 0 Å². The number of benzene rings is 3. The number of hydrogen-bond acceptors (Lipinski definition) is 2. The molecule has 1 aliphatic heterocycles. The molecule has 28 heavy (non-hydrogen) atoms. The predicted molar refractivity (Wildman–Crippen MR) is 111 cm³/mol. The highest BCUT2D eigenvalue weighted by Gasteiger charge is 2.68. The molecule has 0 amide bonds. The van der Waals surface area contributed by atoms with Crippen LogP contribution in [0.3, 0.4) is 0 Å². The molecule has 2 bridgehead atoms. The molecular formula is C26H22O2. The fraction of sp³-hybridized carbons (Fsp3) is 0.192. The summed E-state index contributed by atoms with van der Waals surface area (Å²) in [7, 11) is 0. The van der Waals surface area contributed by atoms with E-state index in [4.69, 9.17) is 4.74 Å². The van der Waals surface area contributed by atoms with E-state index in [0.29, 0.717) is 0 Å². The van der Waals surface area contributed by atoms with Gasteiger partial charge < -0.3 is 4.74 Å². The highest BCUT2D eigenvalue weighted by Crippen LogP contribution is 2.67. The van der Waals surface area contributed by atoms with Crippen molar-refractivity contribution in [3.8, 4) is 0 Å². The molecule has 0 radical (unpaired) electrons. The monoisotopic (exact) mass is 366 g/mol. The molecule has 1 fully saturated rings. The van der Waals surface area contributed by atoms with Gasteiger partial charge in [0, 0.05) is 5.57 Å². The lowest BCUT2D eigenvalue weighted by Crippen LogP contribution is -2.32. The number of ether oxygens (including phenoxy) is 1. The zero-order valence-electron chi connectivity index (χ0n) is 16.1. The van der Waals surface area contributed by atoms with Gasteiger partial charge in [0.15, 0.2) is 11.4 Å². The number of Topliss-reactive ketones (excluding diaryl/α,β-unsaturated/α-hetero) is 1. The van der Waals surface area contributed by atoms with Crippen LogP contribution in [-0.2, 0) is 9.53 Å². The molecule has 2 aliphatic rings. The highest BCUT2D eigenvalue weighted by atomic mass is 16.5. The first-order chi connectivity index (χ1) is 13.6. The SMILES string of the molecule is C[C@]12O[C@H](c3ccccc3)[C@@](C)(C1=O)C(c1ccccc1)=C2c1ccccc1. The summed E-state index contributed by atoms with van der Waals surface area (Å²) in [6.07, 6.45) is -0.297. The molecule has 0 saturated carbocycles. The van der Waals surface area contributed by atoms with Crippen molar-refractivity contribution in [3.63, 3.8) is 0 Å². The van der Waals surface area contributed by atoms with Crippen molar-refractivity contribution in [1.29, 1.82) is 0 Å². The first-order valence-electron chi connectivity index (χ1n) is 9.70. The molecule has 0 aromatic heterocycles. The molecule has 3 aromatic rings. The van der Waals surface area contributed by atoms with Gasteiger partial charge in [-0.3, -0.25) is 4.79 Å². The largest absolute Gasteiger partial charge is 0.353 e. The summed E-state index contributed by atoms with van der Waals surface area (Å²) < 4.78 is 6.56. The zero-order valence-corrected chi connectivity index (χ0v) is 16.1. The van der Waals surface area contributed by atoms with E-state index in [9.17, 15) is 4.79 Å². The average molecular weight is 366 g/mol. The van der Waals surface area contributed by atoms with Crippen molar-refractivity contribution in [2.24, 2.45) is 5.41 Å². The smallest absolute Gasteiger partial charge is 0.182 e. The van der Waals surface area contributed by atoms with Crippen molar-refractivity contribution >= 4 is 16.9 Å². The number of hydrogen-bond donors (Lipinski definition) is 0. The molecule has 2 nitrogen and oxygen atoms in total. The maximum atomic E-state index is 13.8. The molecule has 1 heterocycles. The molecule has 0 N–H and O–H groups in total. The second-order valence-corrected chi connectivity index (χ2v) is 7.96. The van der Waals surface area contributed by atoms with Crippen LogP contribution in [0, 0.1) is 5.41 Å². The molecular weight excluding hydrogens is 344 g/mol. The van der Waals surface area contributed by atoms with Crippen molar-refractivity contribution in [3.05, 3.63) is 108 Å². The number of ketones is 1. The van der Waals surface area contributed by atoms with Crippen LogP contribution in [0.4, 0.5) is 0 Å². The van der Waals surface area contributed by atoms with Crippen molar-refractivity contribution in [2.75, 3.05) is 0 Å². The van der Waals surface area contributed by atoms with Gasteiger partial charge in [-0.1, -0.05) is 91.0 Å². The third kappa shape index (κ3) is 2.15. The lowest BCUT2D eigenvalue weighted by atomic mass is 9.72. The lowest BCUT2D eigenvalue weighted by molar-refractivity contribution is -0.127. The number of rotatable bonds is 3. The topological polar surface area (TPSA) is 26.3 Å². The van der Waals surface area contributed by atoms with Gasteiger partial charge in [0.25, 0.3) is 0 Å². The second kappa shape index (κ2) is 6.02. The summed E-state index contributed by atoms with van der Waals surface area (Å²) in [6.45, 7) is 3.99. The maximum Gasteiger partial charge on any atom is 0.182 e. The molecule has 2 heteroatoms. The van der Waals surface area contributed by atoms with Crippen LogP contribution in [0.2, 0.25) is 0 Å². The Morgan fingerprint density at radius 1 is 0.679 bits per heavy atom. The number of fused-ring (bicyclic) bond motifs is 2. The lowest BCUT2D eigenvalue weighted by Gasteiger charge is -2.36. The van der Waals surface area contributed by atoms with Crippen LogP contribution < -0.4 is 0 Å². The van der Waals surface area contributed by atoms with Crippen molar-refractivity contribution in [2.45, 2.75) is 25.6 Å². The molecule has 138 valence electrons. The number of carbonyl (C=O) groups is 1. The van der Waals surface area contributed by atoms with Crippen molar-refractivity contribution in [1.82, 2.24) is 0 Å². The molecule has 3 aromatic carbocycles. The molecule has 1 saturated heterocycles. The minimum atomic E-state index is -0.957. The van der Waals surface area contributed by atoms with Crippen LogP contribution in [-0.4, -0.2) is 11.4 Å². The van der Waals surface area contributed by atoms with Crippen LogP contribution in [0.5, 0.6) is 0 Å². The summed E-state index contributed by atoms with van der Waals surface area (Å²) in [5.41, 5.74) is 3.58. The number of carbonyl (C=O) groups excluding carboxylic acids is 1. The van der Waals surface area contributed by atoms with Gasteiger partial charge in [0.1, 0.15) is 6.10 Å². The van der Waals surface area contributed by atoms with Gasteiger partial charge in [-0.15, -0.1) is 0 Å². The predicted octanol–water partition coefficient (Wildman–Crippen LogP) is 5.72. The van der Waals surface area contributed by atoms with Crippen LogP contribution in [0.1, 0.15) is 36.6 Å². The molecule has 1 aliphatic carbocycles. The van der Waals surface area contributed by atoms with Gasteiger partial charge in [0.05, 0.1) is 5.41 Å². The summed E-state index contributed by atoms with van der Waals surface area (Å²) in [5, 5.41) is 0. The van der Waals surface area contributed by atoms with Gasteiger partial charge in [0.2, 0.25) is 0 Å². The van der Waals surface area contributed by atoms with Crippen LogP contribution in [0.15, 0.2) is 91.0 Å². The minimum Gasteiger partial charge on any atom is -0.353 e. The summed E-state index contributed by atoms with van der Waals surface area (Å²) in [4.78, 5) is 13.8. The summed E-state index contributed by atoms with van der Waals surface area (Å²) in [5.74, 6) is 0.145. The second-order valence-electron chi connectivity index (χ2n) is 7.96. The Morgan fingerprint density at radius 2 is 1.14 bits per heavy atom. The van der Waals surface area contributed by atoms with Gasteiger partial charge in [-0.2, -0.15) is 0 Å². The fourth-order valence-electron chi connectivity index (χ4n) is 5.04. The van der Waals surface area contributed by atoms with E-state index in [1.165, 1.54) is 0 Å². The quantitative estimate of drug-likeness (QED) is 0.593. The first-order valence-corrected chi connectivity index (χ1v) is 9.70. The molecule has 0 unspecified atom stereocenters. The Kier molecular flexibility index (Phi) is 3.68. The van der Waals surface area contributed by atoms with Gasteiger partial charge >= 0.3 is 0 Å². The van der Waals surface area contributed by atoms with E-state index in [0.717, 1.165) is 27.8 Å². The Morgan fingerprint density at radius 3 is 1.68 bits per heavy atom. The maximum absolute atomic E-state index is 13.8. The summed E-state index contributed by atoms with van der Waals surface area (Å²) in [6, 6.07) is 30.6. The van der Waals surface area contributed by atoms with Gasteiger partial charge in [-0.05, 0) is 36.1 Å². The summed E-state index contributed by atoms with van der Waals surface area (Å²) >= 11 is 0. The third-order valence-corrected chi connectivity index (χ3v) is 6.26. The normalized spacial score (nSPS) is 28.8. The van der Waals surface area contributed by atoms with Crippen LogP contribution >= 0.6 is 0 Å². The molecule has 0 spiro atoms. The van der Waals surface area contributed by atoms with E-state index < -0.39 is 11.0 Å². The molecule has 3 atom stereocenters.